The first-order valence-electron chi connectivity index (χ1n) is 7.02. The quantitative estimate of drug-likeness (QED) is 0.828. The Morgan fingerprint density at radius 2 is 1.74 bits per heavy atom. The van der Waals surface area contributed by atoms with Crippen molar-refractivity contribution in [3.63, 3.8) is 0 Å². The molecule has 1 unspecified atom stereocenters. The van der Waals surface area contributed by atoms with Gasteiger partial charge in [0.2, 0.25) is 5.91 Å². The third kappa shape index (κ3) is 5.03. The van der Waals surface area contributed by atoms with Crippen molar-refractivity contribution in [2.45, 2.75) is 40.2 Å². The predicted molar refractivity (Wildman–Crippen MR) is 79.8 cm³/mol. The van der Waals surface area contributed by atoms with Crippen molar-refractivity contribution in [3.8, 4) is 0 Å². The number of amides is 1. The molecule has 1 atom stereocenters. The number of benzene rings is 1. The molecule has 0 heterocycles. The first-order chi connectivity index (χ1) is 8.93. The number of hydrogen-bond acceptors (Lipinski definition) is 2. The molecule has 0 radical (unpaired) electrons. The van der Waals surface area contributed by atoms with E-state index in [9.17, 15) is 4.79 Å². The van der Waals surface area contributed by atoms with Gasteiger partial charge in [-0.15, -0.1) is 0 Å². The Labute approximate surface area is 116 Å². The minimum atomic E-state index is -0.107. The molecule has 0 saturated heterocycles. The Hall–Kier alpha value is -1.35. The zero-order chi connectivity index (χ0) is 14.4. The molecular weight excluding hydrogens is 236 g/mol. The lowest BCUT2D eigenvalue weighted by Gasteiger charge is -2.23. The van der Waals surface area contributed by atoms with Gasteiger partial charge in [0, 0.05) is 0 Å². The molecule has 0 aliphatic rings. The summed E-state index contributed by atoms with van der Waals surface area (Å²) in [6.07, 6.45) is 1.09. The first kappa shape index (κ1) is 15.7. The summed E-state index contributed by atoms with van der Waals surface area (Å²) in [5.74, 6) is 0.889. The van der Waals surface area contributed by atoms with Crippen LogP contribution in [0.5, 0.6) is 0 Å². The van der Waals surface area contributed by atoms with E-state index in [0.717, 1.165) is 12.0 Å². The fourth-order valence-corrected chi connectivity index (χ4v) is 2.20. The van der Waals surface area contributed by atoms with Crippen LogP contribution in [0, 0.1) is 11.8 Å². The number of nitrogens with one attached hydrogen (secondary N) is 1. The molecule has 3 nitrogen and oxygen atoms in total. The average molecular weight is 262 g/mol. The van der Waals surface area contributed by atoms with Crippen LogP contribution < -0.4 is 11.1 Å². The summed E-state index contributed by atoms with van der Waals surface area (Å²) in [5, 5.41) is 2.98. The Morgan fingerprint density at radius 1 is 1.16 bits per heavy atom. The van der Waals surface area contributed by atoms with Crippen molar-refractivity contribution in [3.05, 3.63) is 35.4 Å². The van der Waals surface area contributed by atoms with Gasteiger partial charge in [-0.05, 0) is 29.4 Å². The third-order valence-electron chi connectivity index (χ3n) is 3.15. The number of carbonyl (C=O) groups excluding carboxylic acids is 1. The lowest BCUT2D eigenvalue weighted by atomic mass is 9.93. The molecule has 0 aromatic heterocycles. The van der Waals surface area contributed by atoms with Crippen molar-refractivity contribution < 1.29 is 4.79 Å². The minimum Gasteiger partial charge on any atom is -0.348 e. The number of nitrogens with two attached hydrogens (primary N) is 1. The molecule has 1 aromatic rings. The first-order valence-corrected chi connectivity index (χ1v) is 7.02. The number of rotatable bonds is 6. The fourth-order valence-electron chi connectivity index (χ4n) is 2.20. The molecule has 0 bridgehead atoms. The van der Waals surface area contributed by atoms with Gasteiger partial charge in [0.05, 0.1) is 12.6 Å². The van der Waals surface area contributed by atoms with Gasteiger partial charge in [0.25, 0.3) is 0 Å². The van der Waals surface area contributed by atoms with E-state index >= 15 is 0 Å². The summed E-state index contributed by atoms with van der Waals surface area (Å²) >= 11 is 0. The zero-order valence-electron chi connectivity index (χ0n) is 12.4. The van der Waals surface area contributed by atoms with Gasteiger partial charge in [-0.1, -0.05) is 52.0 Å². The summed E-state index contributed by atoms with van der Waals surface area (Å²) in [6.45, 7) is 8.67. The van der Waals surface area contributed by atoms with E-state index in [1.165, 1.54) is 5.56 Å². The molecule has 0 saturated carbocycles. The molecule has 0 aliphatic heterocycles. The normalized spacial score (nSPS) is 12.8. The van der Waals surface area contributed by atoms with Crippen molar-refractivity contribution in [2.24, 2.45) is 17.6 Å². The molecule has 0 fully saturated rings. The van der Waals surface area contributed by atoms with Crippen LogP contribution in [-0.4, -0.2) is 12.5 Å². The van der Waals surface area contributed by atoms with E-state index in [1.54, 1.807) is 0 Å². The van der Waals surface area contributed by atoms with Crippen LogP contribution in [-0.2, 0) is 11.2 Å². The molecular formula is C16H26N2O. The zero-order valence-corrected chi connectivity index (χ0v) is 12.4. The van der Waals surface area contributed by atoms with Crippen molar-refractivity contribution in [1.29, 1.82) is 0 Å². The van der Waals surface area contributed by atoms with Crippen LogP contribution >= 0.6 is 0 Å². The Bertz CT molecular complexity index is 396. The van der Waals surface area contributed by atoms with Crippen LogP contribution in [0.1, 0.15) is 44.9 Å². The van der Waals surface area contributed by atoms with Gasteiger partial charge >= 0.3 is 0 Å². The van der Waals surface area contributed by atoms with Gasteiger partial charge in [0.1, 0.15) is 0 Å². The van der Waals surface area contributed by atoms with E-state index in [0.29, 0.717) is 11.8 Å². The highest BCUT2D eigenvalue weighted by Crippen LogP contribution is 2.22. The van der Waals surface area contributed by atoms with Crippen LogP contribution in [0.2, 0.25) is 0 Å². The summed E-state index contributed by atoms with van der Waals surface area (Å²) in [6, 6.07) is 8.56. The maximum atomic E-state index is 11.5. The van der Waals surface area contributed by atoms with Crippen molar-refractivity contribution >= 4 is 5.91 Å². The highest BCUT2D eigenvalue weighted by molar-refractivity contribution is 5.78. The summed E-state index contributed by atoms with van der Waals surface area (Å²) in [7, 11) is 0. The van der Waals surface area contributed by atoms with E-state index < -0.39 is 0 Å². The van der Waals surface area contributed by atoms with Crippen LogP contribution in [0.3, 0.4) is 0 Å². The second-order valence-electron chi connectivity index (χ2n) is 5.83. The van der Waals surface area contributed by atoms with Gasteiger partial charge < -0.3 is 11.1 Å². The highest BCUT2D eigenvalue weighted by atomic mass is 16.1. The molecule has 3 N–H and O–H groups in total. The molecule has 1 amide bonds. The molecule has 1 rings (SSSR count). The Morgan fingerprint density at radius 3 is 2.16 bits per heavy atom. The highest BCUT2D eigenvalue weighted by Gasteiger charge is 2.17. The van der Waals surface area contributed by atoms with Gasteiger partial charge in [-0.25, -0.2) is 0 Å². The topological polar surface area (TPSA) is 55.1 Å². The van der Waals surface area contributed by atoms with Crippen LogP contribution in [0.4, 0.5) is 0 Å². The Balaban J connectivity index is 2.82. The standard InChI is InChI=1S/C16H26N2O/c1-11(2)9-13-5-7-14(8-6-13)16(12(3)4)18-15(19)10-17/h5-8,11-12,16H,9-10,17H2,1-4H3,(H,18,19). The fraction of sp³-hybridized carbons (Fsp3) is 0.562. The van der Waals surface area contributed by atoms with Gasteiger partial charge in [-0.2, -0.15) is 0 Å². The van der Waals surface area contributed by atoms with E-state index in [-0.39, 0.29) is 18.5 Å². The SMILES string of the molecule is CC(C)Cc1ccc(C(NC(=O)CN)C(C)C)cc1. The third-order valence-corrected chi connectivity index (χ3v) is 3.15. The largest absolute Gasteiger partial charge is 0.348 e. The summed E-state index contributed by atoms with van der Waals surface area (Å²) in [5.41, 5.74) is 7.85. The maximum Gasteiger partial charge on any atom is 0.234 e. The molecule has 3 heteroatoms. The van der Waals surface area contributed by atoms with E-state index in [4.69, 9.17) is 5.73 Å². The Kier molecular flexibility index (Phi) is 6.03. The lowest BCUT2D eigenvalue weighted by molar-refractivity contribution is -0.120. The molecule has 1 aromatic carbocycles. The second kappa shape index (κ2) is 7.29. The average Bonchev–Trinajstić information content (AvgIpc) is 2.35. The number of carbonyl (C=O) groups is 1. The molecule has 19 heavy (non-hydrogen) atoms. The monoisotopic (exact) mass is 262 g/mol. The lowest BCUT2D eigenvalue weighted by Crippen LogP contribution is -2.36. The molecule has 0 aliphatic carbocycles. The van der Waals surface area contributed by atoms with Crippen molar-refractivity contribution in [2.75, 3.05) is 6.54 Å². The maximum absolute atomic E-state index is 11.5. The molecule has 0 spiro atoms. The van der Waals surface area contributed by atoms with E-state index in [1.807, 2.05) is 0 Å². The van der Waals surface area contributed by atoms with Crippen molar-refractivity contribution in [1.82, 2.24) is 5.32 Å². The smallest absolute Gasteiger partial charge is 0.234 e. The summed E-state index contributed by atoms with van der Waals surface area (Å²) < 4.78 is 0. The van der Waals surface area contributed by atoms with Gasteiger partial charge in [0.15, 0.2) is 0 Å². The number of hydrogen-bond donors (Lipinski definition) is 2. The van der Waals surface area contributed by atoms with Crippen LogP contribution in [0.25, 0.3) is 0 Å². The van der Waals surface area contributed by atoms with Gasteiger partial charge in [-0.3, -0.25) is 4.79 Å². The predicted octanol–water partition coefficient (Wildman–Crippen LogP) is 2.66. The molecule has 106 valence electrons. The minimum absolute atomic E-state index is 0.0316. The summed E-state index contributed by atoms with van der Waals surface area (Å²) in [4.78, 5) is 11.5. The van der Waals surface area contributed by atoms with Crippen LogP contribution in [0.15, 0.2) is 24.3 Å². The second-order valence-corrected chi connectivity index (χ2v) is 5.83. The van der Waals surface area contributed by atoms with E-state index in [2.05, 4.69) is 57.3 Å².